The predicted octanol–water partition coefficient (Wildman–Crippen LogP) is 15.9. The summed E-state index contributed by atoms with van der Waals surface area (Å²) in [4.78, 5) is 16.2. The van der Waals surface area contributed by atoms with Gasteiger partial charge in [-0.05, 0) is 83.7 Å². The van der Waals surface area contributed by atoms with Gasteiger partial charge in [0.2, 0.25) is 5.95 Å². The fourth-order valence-corrected chi connectivity index (χ4v) is 10.3. The van der Waals surface area contributed by atoms with E-state index in [1.807, 2.05) is 13.8 Å². The normalized spacial score (nSPS) is 12.8. The smallest absolute Gasteiger partial charge is 0.238 e. The standard InChI is InChI=1S/C58H38N4.C2H6/c1-58(2)50-31-28-37-14-7-9-18-44(37)52(50)49-30-27-41(34-51(49)58)46-20-11-21-47-48-29-26-38-15-8-10-19-45(38)53(48)62(54(46)47)57-60-55(42-24-22-35-12-3-5-16-39(35)32-42)59-56(61-57)43-25-23-36-13-4-6-17-40(36)33-43;1-2/h3-34H,1-2H3;1-2H3. The highest BCUT2D eigenvalue weighted by Crippen LogP contribution is 2.52. The molecule has 0 atom stereocenters. The van der Waals surface area contributed by atoms with Crippen molar-refractivity contribution in [2.24, 2.45) is 0 Å². The van der Waals surface area contributed by atoms with Crippen molar-refractivity contribution < 1.29 is 0 Å². The lowest BCUT2D eigenvalue weighted by molar-refractivity contribution is 0.661. The molecule has 10 aromatic carbocycles. The maximum absolute atomic E-state index is 5.46. The van der Waals surface area contributed by atoms with Crippen molar-refractivity contribution in [1.82, 2.24) is 19.5 Å². The van der Waals surface area contributed by atoms with Crippen molar-refractivity contribution in [1.29, 1.82) is 0 Å². The molecule has 0 radical (unpaired) electrons. The Bertz CT molecular complexity index is 3760. The van der Waals surface area contributed by atoms with Crippen molar-refractivity contribution in [2.45, 2.75) is 33.1 Å². The van der Waals surface area contributed by atoms with Crippen LogP contribution in [0.2, 0.25) is 0 Å². The molecule has 2 aromatic heterocycles. The van der Waals surface area contributed by atoms with E-state index in [2.05, 4.69) is 213 Å². The zero-order chi connectivity index (χ0) is 43.1. The van der Waals surface area contributed by atoms with Gasteiger partial charge in [-0.15, -0.1) is 0 Å². The Balaban J connectivity index is 0.00000214. The van der Waals surface area contributed by atoms with Crippen LogP contribution in [0.1, 0.15) is 38.8 Å². The predicted molar refractivity (Wildman–Crippen MR) is 269 cm³/mol. The minimum atomic E-state index is -0.181. The van der Waals surface area contributed by atoms with Gasteiger partial charge in [0.1, 0.15) is 0 Å². The van der Waals surface area contributed by atoms with E-state index in [1.165, 1.54) is 43.8 Å². The van der Waals surface area contributed by atoms with Crippen molar-refractivity contribution in [3.05, 3.63) is 205 Å². The number of aromatic nitrogens is 4. The lowest BCUT2D eigenvalue weighted by Crippen LogP contribution is -2.15. The van der Waals surface area contributed by atoms with E-state index < -0.39 is 0 Å². The van der Waals surface area contributed by atoms with Crippen LogP contribution in [0.25, 0.3) is 116 Å². The second kappa shape index (κ2) is 14.6. The lowest BCUT2D eigenvalue weighted by Gasteiger charge is -2.22. The van der Waals surface area contributed by atoms with E-state index in [1.54, 1.807) is 0 Å². The van der Waals surface area contributed by atoms with Crippen LogP contribution >= 0.6 is 0 Å². The van der Waals surface area contributed by atoms with Gasteiger partial charge >= 0.3 is 0 Å². The van der Waals surface area contributed by atoms with Crippen LogP contribution in [0.5, 0.6) is 0 Å². The van der Waals surface area contributed by atoms with E-state index in [4.69, 9.17) is 15.0 Å². The molecule has 0 unspecified atom stereocenters. The Morgan fingerprint density at radius 3 is 1.55 bits per heavy atom. The number of hydrogen-bond donors (Lipinski definition) is 0. The van der Waals surface area contributed by atoms with Gasteiger partial charge in [0.25, 0.3) is 0 Å². The highest BCUT2D eigenvalue weighted by molar-refractivity contribution is 6.21. The van der Waals surface area contributed by atoms with Crippen LogP contribution < -0.4 is 0 Å². The second-order valence-corrected chi connectivity index (χ2v) is 17.2. The zero-order valence-corrected chi connectivity index (χ0v) is 36.3. The molecule has 0 amide bonds. The topological polar surface area (TPSA) is 43.6 Å². The molecule has 1 aliphatic rings. The molecule has 13 rings (SSSR count). The molecule has 0 saturated heterocycles. The van der Waals surface area contributed by atoms with E-state index >= 15 is 0 Å². The first-order valence-corrected chi connectivity index (χ1v) is 22.4. The second-order valence-electron chi connectivity index (χ2n) is 17.2. The minimum absolute atomic E-state index is 0.181. The van der Waals surface area contributed by atoms with E-state index in [9.17, 15) is 0 Å². The maximum Gasteiger partial charge on any atom is 0.238 e. The fraction of sp³-hybridized carbons (Fsp3) is 0.0833. The SMILES string of the molecule is CC.CC1(C)c2cc(-c3cccc4c5ccc6ccccc6c5n(-c5nc(-c6ccc7ccccc7c6)nc(-c6ccc7ccccc7c6)n5)c34)ccc2-c2c1ccc1ccccc21. The summed E-state index contributed by atoms with van der Waals surface area (Å²) in [6.45, 7) is 8.74. The van der Waals surface area contributed by atoms with E-state index in [0.29, 0.717) is 17.6 Å². The first kappa shape index (κ1) is 37.8. The minimum Gasteiger partial charge on any atom is -0.277 e. The van der Waals surface area contributed by atoms with Crippen molar-refractivity contribution >= 4 is 64.9 Å². The van der Waals surface area contributed by atoms with Crippen LogP contribution in [0, 0.1) is 0 Å². The Morgan fingerprint density at radius 1 is 0.359 bits per heavy atom. The Kier molecular flexibility index (Phi) is 8.60. The Labute approximate surface area is 372 Å². The molecule has 1 aliphatic carbocycles. The molecule has 0 saturated carbocycles. The molecule has 0 N–H and O–H groups in total. The quantitative estimate of drug-likeness (QED) is 0.178. The molecule has 64 heavy (non-hydrogen) atoms. The highest BCUT2D eigenvalue weighted by atomic mass is 15.2. The molecule has 2 heterocycles. The molecule has 0 fully saturated rings. The summed E-state index contributed by atoms with van der Waals surface area (Å²) in [5, 5.41) is 11.8. The van der Waals surface area contributed by atoms with E-state index in [0.717, 1.165) is 65.6 Å². The Hall–Kier alpha value is -7.95. The van der Waals surface area contributed by atoms with Gasteiger partial charge < -0.3 is 0 Å². The molecule has 12 aromatic rings. The third-order valence-electron chi connectivity index (χ3n) is 13.4. The summed E-state index contributed by atoms with van der Waals surface area (Å²) in [6, 6.07) is 70.2. The van der Waals surface area contributed by atoms with Gasteiger partial charge in [-0.3, -0.25) is 4.57 Å². The number of nitrogens with zero attached hydrogens (tertiary/aromatic N) is 4. The van der Waals surface area contributed by atoms with Crippen LogP contribution in [0.3, 0.4) is 0 Å². The fourth-order valence-electron chi connectivity index (χ4n) is 10.3. The summed E-state index contributed by atoms with van der Waals surface area (Å²) in [5.41, 5.74) is 11.5. The summed E-state index contributed by atoms with van der Waals surface area (Å²) in [6.07, 6.45) is 0. The number of para-hydroxylation sites is 1. The van der Waals surface area contributed by atoms with Crippen LogP contribution in [-0.4, -0.2) is 19.5 Å². The molecular formula is C60H44N4. The monoisotopic (exact) mass is 820 g/mol. The van der Waals surface area contributed by atoms with Gasteiger partial charge in [-0.1, -0.05) is 204 Å². The average molecular weight is 821 g/mol. The van der Waals surface area contributed by atoms with Crippen LogP contribution in [-0.2, 0) is 5.41 Å². The molecule has 0 aliphatic heterocycles. The highest BCUT2D eigenvalue weighted by Gasteiger charge is 2.37. The molecule has 4 heteroatoms. The molecule has 304 valence electrons. The van der Waals surface area contributed by atoms with Gasteiger partial charge in [0.05, 0.1) is 11.0 Å². The molecular weight excluding hydrogens is 777 g/mol. The number of hydrogen-bond acceptors (Lipinski definition) is 3. The van der Waals surface area contributed by atoms with Crippen molar-refractivity contribution in [3.8, 4) is 51.0 Å². The number of rotatable bonds is 4. The van der Waals surface area contributed by atoms with Gasteiger partial charge in [0.15, 0.2) is 11.6 Å². The summed E-state index contributed by atoms with van der Waals surface area (Å²) < 4.78 is 2.32. The summed E-state index contributed by atoms with van der Waals surface area (Å²) >= 11 is 0. The summed E-state index contributed by atoms with van der Waals surface area (Å²) in [7, 11) is 0. The first-order chi connectivity index (χ1) is 31.5. The van der Waals surface area contributed by atoms with Crippen LogP contribution in [0.15, 0.2) is 194 Å². The first-order valence-electron chi connectivity index (χ1n) is 22.4. The lowest BCUT2D eigenvalue weighted by atomic mass is 9.81. The zero-order valence-electron chi connectivity index (χ0n) is 36.3. The summed E-state index contributed by atoms with van der Waals surface area (Å²) in [5.74, 6) is 1.83. The molecule has 4 nitrogen and oxygen atoms in total. The van der Waals surface area contributed by atoms with Gasteiger partial charge in [-0.25, -0.2) is 4.98 Å². The van der Waals surface area contributed by atoms with Crippen LogP contribution in [0.4, 0.5) is 0 Å². The molecule has 0 spiro atoms. The average Bonchev–Trinajstić information content (AvgIpc) is 3.82. The van der Waals surface area contributed by atoms with Crippen molar-refractivity contribution in [3.63, 3.8) is 0 Å². The largest absolute Gasteiger partial charge is 0.277 e. The molecule has 0 bridgehead atoms. The maximum atomic E-state index is 5.46. The van der Waals surface area contributed by atoms with Gasteiger partial charge in [0, 0.05) is 38.3 Å². The number of benzene rings is 10. The third-order valence-corrected chi connectivity index (χ3v) is 13.4. The van der Waals surface area contributed by atoms with Crippen molar-refractivity contribution in [2.75, 3.05) is 0 Å². The number of fused-ring (bicyclic) bond motifs is 12. The third kappa shape index (κ3) is 5.72. The van der Waals surface area contributed by atoms with E-state index in [-0.39, 0.29) is 5.41 Å². The van der Waals surface area contributed by atoms with Gasteiger partial charge in [-0.2, -0.15) is 9.97 Å². The Morgan fingerprint density at radius 2 is 0.875 bits per heavy atom.